The van der Waals surface area contributed by atoms with E-state index in [0.29, 0.717) is 27.2 Å². The molecule has 0 radical (unpaired) electrons. The van der Waals surface area contributed by atoms with Crippen molar-refractivity contribution in [2.24, 2.45) is 0 Å². The Labute approximate surface area is 207 Å². The van der Waals surface area contributed by atoms with Crippen molar-refractivity contribution >= 4 is 69.1 Å². The minimum atomic E-state index is -1.12. The average Bonchev–Trinajstić information content (AvgIpc) is 3.01. The molecule has 1 fully saturated rings. The molecular formula is C22H19IN2O7S. The summed E-state index contributed by atoms with van der Waals surface area (Å²) in [4.78, 5) is 49.3. The van der Waals surface area contributed by atoms with E-state index >= 15 is 0 Å². The number of anilines is 1. The van der Waals surface area contributed by atoms with Crippen LogP contribution < -0.4 is 14.8 Å². The summed E-state index contributed by atoms with van der Waals surface area (Å²) in [6.07, 6.45) is 1.52. The van der Waals surface area contributed by atoms with E-state index in [4.69, 9.17) is 14.6 Å². The van der Waals surface area contributed by atoms with Crippen molar-refractivity contribution in [1.82, 2.24) is 4.90 Å². The summed E-state index contributed by atoms with van der Waals surface area (Å²) in [5.74, 6) is -1.59. The molecule has 0 saturated carbocycles. The first-order chi connectivity index (χ1) is 15.8. The number of hydrogen-bond acceptors (Lipinski definition) is 7. The smallest absolute Gasteiger partial charge is 0.341 e. The minimum absolute atomic E-state index is 0.157. The highest BCUT2D eigenvalue weighted by Gasteiger charge is 2.36. The molecule has 0 atom stereocenters. The number of amides is 3. The van der Waals surface area contributed by atoms with Gasteiger partial charge >= 0.3 is 5.97 Å². The lowest BCUT2D eigenvalue weighted by Gasteiger charge is -2.14. The van der Waals surface area contributed by atoms with Crippen molar-refractivity contribution in [1.29, 1.82) is 0 Å². The van der Waals surface area contributed by atoms with Gasteiger partial charge in [-0.25, -0.2) is 4.79 Å². The number of para-hydroxylation sites is 1. The van der Waals surface area contributed by atoms with Crippen LogP contribution in [-0.2, 0) is 14.4 Å². The van der Waals surface area contributed by atoms with Crippen LogP contribution in [0.5, 0.6) is 11.5 Å². The van der Waals surface area contributed by atoms with Gasteiger partial charge in [-0.2, -0.15) is 0 Å². The Bertz CT molecular complexity index is 1120. The molecule has 33 heavy (non-hydrogen) atoms. The van der Waals surface area contributed by atoms with Crippen LogP contribution in [-0.4, -0.2) is 52.8 Å². The van der Waals surface area contributed by atoms with Crippen LogP contribution in [0.4, 0.5) is 10.5 Å². The Balaban J connectivity index is 1.77. The number of carboxylic acid groups (broad SMARTS) is 1. The summed E-state index contributed by atoms with van der Waals surface area (Å²) in [6, 6.07) is 12.0. The molecule has 2 aromatic rings. The van der Waals surface area contributed by atoms with Crippen molar-refractivity contribution in [2.75, 3.05) is 25.1 Å². The zero-order valence-electron chi connectivity index (χ0n) is 17.4. The maximum Gasteiger partial charge on any atom is 0.341 e. The normalized spacial score (nSPS) is 14.5. The SMILES string of the molecule is CCOc1cc(/C=C2\SC(=O)N(CC(=O)Nc3ccccc3)C2=O)cc(I)c1OCC(=O)O. The number of ether oxygens (including phenoxy) is 2. The number of nitrogens with zero attached hydrogens (tertiary/aromatic N) is 1. The molecular weight excluding hydrogens is 563 g/mol. The highest BCUT2D eigenvalue weighted by molar-refractivity contribution is 14.1. The van der Waals surface area contributed by atoms with Crippen LogP contribution in [0.15, 0.2) is 47.4 Å². The molecule has 0 bridgehead atoms. The fourth-order valence-electron chi connectivity index (χ4n) is 2.86. The second-order valence-electron chi connectivity index (χ2n) is 6.63. The molecule has 1 aliphatic heterocycles. The van der Waals surface area contributed by atoms with Gasteiger partial charge in [0.15, 0.2) is 18.1 Å². The molecule has 3 amide bonds. The zero-order chi connectivity index (χ0) is 24.0. The van der Waals surface area contributed by atoms with Crippen molar-refractivity contribution in [3.63, 3.8) is 0 Å². The standard InChI is InChI=1S/C22H19IN2O7S/c1-2-31-16-9-13(8-15(23)20(16)32-12-19(27)28)10-17-21(29)25(22(30)33-17)11-18(26)24-14-6-4-3-5-7-14/h3-10H,2,11-12H2,1H3,(H,24,26)(H,27,28)/b17-10-. The van der Waals surface area contributed by atoms with Gasteiger partial charge in [-0.1, -0.05) is 18.2 Å². The number of carbonyl (C=O) groups excluding carboxylic acids is 3. The van der Waals surface area contributed by atoms with Crippen molar-refractivity contribution in [2.45, 2.75) is 6.92 Å². The fraction of sp³-hybridized carbons (Fsp3) is 0.182. The van der Waals surface area contributed by atoms with Crippen LogP contribution in [0.1, 0.15) is 12.5 Å². The van der Waals surface area contributed by atoms with E-state index in [1.165, 1.54) is 6.08 Å². The number of carboxylic acids is 1. The number of benzene rings is 2. The van der Waals surface area contributed by atoms with Crippen molar-refractivity contribution in [3.8, 4) is 11.5 Å². The molecule has 1 heterocycles. The average molecular weight is 582 g/mol. The summed E-state index contributed by atoms with van der Waals surface area (Å²) in [5, 5.41) is 11.0. The van der Waals surface area contributed by atoms with E-state index in [2.05, 4.69) is 5.32 Å². The first kappa shape index (κ1) is 24.6. The highest BCUT2D eigenvalue weighted by atomic mass is 127. The molecule has 3 rings (SSSR count). The van der Waals surface area contributed by atoms with Gasteiger partial charge in [-0.3, -0.25) is 19.3 Å². The first-order valence-electron chi connectivity index (χ1n) is 9.69. The lowest BCUT2D eigenvalue weighted by atomic mass is 10.2. The van der Waals surface area contributed by atoms with Gasteiger partial charge in [0.1, 0.15) is 6.54 Å². The summed E-state index contributed by atoms with van der Waals surface area (Å²) in [6.45, 7) is 1.16. The summed E-state index contributed by atoms with van der Waals surface area (Å²) in [5.41, 5.74) is 1.12. The number of nitrogens with one attached hydrogen (secondary N) is 1. The number of imide groups is 1. The van der Waals surface area contributed by atoms with Crippen LogP contribution in [0.25, 0.3) is 6.08 Å². The molecule has 1 saturated heterocycles. The molecule has 2 aromatic carbocycles. The third-order valence-corrected chi connectivity index (χ3v) is 5.91. The summed E-state index contributed by atoms with van der Waals surface area (Å²) < 4.78 is 11.5. The molecule has 172 valence electrons. The van der Waals surface area contributed by atoms with Crippen LogP contribution in [0.3, 0.4) is 0 Å². The molecule has 1 aliphatic rings. The second-order valence-corrected chi connectivity index (χ2v) is 8.78. The largest absolute Gasteiger partial charge is 0.490 e. The zero-order valence-corrected chi connectivity index (χ0v) is 20.3. The predicted octanol–water partition coefficient (Wildman–Crippen LogP) is 3.83. The molecule has 9 nitrogen and oxygen atoms in total. The Morgan fingerprint density at radius 2 is 1.91 bits per heavy atom. The lowest BCUT2D eigenvalue weighted by Crippen LogP contribution is -2.36. The summed E-state index contributed by atoms with van der Waals surface area (Å²) in [7, 11) is 0. The Morgan fingerprint density at radius 3 is 2.58 bits per heavy atom. The van der Waals surface area contributed by atoms with Gasteiger partial charge in [-0.15, -0.1) is 0 Å². The van der Waals surface area contributed by atoms with Gasteiger partial charge in [0.2, 0.25) is 5.91 Å². The minimum Gasteiger partial charge on any atom is -0.490 e. The van der Waals surface area contributed by atoms with E-state index in [-0.39, 0.29) is 10.7 Å². The Morgan fingerprint density at radius 1 is 1.18 bits per heavy atom. The quantitative estimate of drug-likeness (QED) is 0.338. The van der Waals surface area contributed by atoms with E-state index < -0.39 is 36.2 Å². The Hall–Kier alpha value is -3.06. The topological polar surface area (TPSA) is 122 Å². The Kier molecular flexibility index (Phi) is 8.33. The maximum absolute atomic E-state index is 12.8. The third-order valence-electron chi connectivity index (χ3n) is 4.20. The second kappa shape index (κ2) is 11.2. The molecule has 2 N–H and O–H groups in total. The molecule has 0 unspecified atom stereocenters. The van der Waals surface area contributed by atoms with E-state index in [9.17, 15) is 19.2 Å². The van der Waals surface area contributed by atoms with Gasteiger partial charge in [0.25, 0.3) is 11.1 Å². The van der Waals surface area contributed by atoms with Crippen LogP contribution >= 0.6 is 34.4 Å². The van der Waals surface area contributed by atoms with Crippen LogP contribution in [0, 0.1) is 3.57 Å². The number of aliphatic carboxylic acids is 1. The van der Waals surface area contributed by atoms with Crippen molar-refractivity contribution < 1.29 is 33.8 Å². The molecule has 0 spiro atoms. The highest BCUT2D eigenvalue weighted by Crippen LogP contribution is 2.37. The number of thioether (sulfide) groups is 1. The number of hydrogen-bond donors (Lipinski definition) is 2. The van der Waals surface area contributed by atoms with Crippen LogP contribution in [0.2, 0.25) is 0 Å². The monoisotopic (exact) mass is 582 g/mol. The van der Waals surface area contributed by atoms with Crippen molar-refractivity contribution in [3.05, 3.63) is 56.5 Å². The number of halogens is 1. The molecule has 11 heteroatoms. The molecule has 0 aromatic heterocycles. The van der Waals surface area contributed by atoms with E-state index in [1.54, 1.807) is 49.4 Å². The molecule has 0 aliphatic carbocycles. The van der Waals surface area contributed by atoms with Gasteiger partial charge in [0.05, 0.1) is 15.1 Å². The van der Waals surface area contributed by atoms with Gasteiger partial charge < -0.3 is 19.9 Å². The number of rotatable bonds is 9. The van der Waals surface area contributed by atoms with Gasteiger partial charge in [0, 0.05) is 5.69 Å². The van der Waals surface area contributed by atoms with E-state index in [1.807, 2.05) is 22.6 Å². The first-order valence-corrected chi connectivity index (χ1v) is 11.6. The third kappa shape index (κ3) is 6.48. The fourth-order valence-corrected chi connectivity index (χ4v) is 4.48. The predicted molar refractivity (Wildman–Crippen MR) is 131 cm³/mol. The summed E-state index contributed by atoms with van der Waals surface area (Å²) >= 11 is 2.71. The van der Waals surface area contributed by atoms with E-state index in [0.717, 1.165) is 16.7 Å². The van der Waals surface area contributed by atoms with Gasteiger partial charge in [-0.05, 0) is 77.2 Å². The lowest BCUT2D eigenvalue weighted by molar-refractivity contribution is -0.139. The number of carbonyl (C=O) groups is 4. The maximum atomic E-state index is 12.8.